The van der Waals surface area contributed by atoms with Crippen LogP contribution in [0.3, 0.4) is 0 Å². The highest BCUT2D eigenvalue weighted by Crippen LogP contribution is 2.24. The molecule has 0 aromatic heterocycles. The second-order valence-corrected chi connectivity index (χ2v) is 3.96. The number of hydrazine groups is 1. The second-order valence-electron chi connectivity index (χ2n) is 3.96. The van der Waals surface area contributed by atoms with Gasteiger partial charge < -0.3 is 9.64 Å². The van der Waals surface area contributed by atoms with Crippen LogP contribution in [0.15, 0.2) is 4.99 Å². The Hall–Kier alpha value is -0.810. The van der Waals surface area contributed by atoms with Crippen LogP contribution in [0.25, 0.3) is 0 Å². The van der Waals surface area contributed by atoms with E-state index in [0.29, 0.717) is 12.1 Å². The number of ether oxygens (including phenoxy) is 1. The first-order valence-electron chi connectivity index (χ1n) is 5.16. The van der Waals surface area contributed by atoms with Crippen molar-refractivity contribution in [3.05, 3.63) is 0 Å². The van der Waals surface area contributed by atoms with Crippen LogP contribution >= 0.6 is 0 Å². The number of likely N-dealkylation sites (N-methyl/N-ethyl adjacent to an activating group) is 1. The maximum Gasteiger partial charge on any atom is 0.208 e. The number of aliphatic imine (C=N–C) groups is 1. The van der Waals surface area contributed by atoms with Gasteiger partial charge >= 0.3 is 0 Å². The van der Waals surface area contributed by atoms with Crippen molar-refractivity contribution in [3.8, 4) is 0 Å². The lowest BCUT2D eigenvalue weighted by Crippen LogP contribution is -2.48. The highest BCUT2D eigenvalue weighted by Gasteiger charge is 2.26. The lowest BCUT2D eigenvalue weighted by atomic mass is 10.2. The zero-order valence-corrected chi connectivity index (χ0v) is 8.57. The van der Waals surface area contributed by atoms with Gasteiger partial charge in [0.15, 0.2) is 0 Å². The molecule has 0 bridgehead atoms. The summed E-state index contributed by atoms with van der Waals surface area (Å²) < 4.78 is 5.33. The average molecular weight is 198 g/mol. The van der Waals surface area contributed by atoms with Gasteiger partial charge in [0.25, 0.3) is 0 Å². The summed E-state index contributed by atoms with van der Waals surface area (Å²) in [6.45, 7) is 1.62. The van der Waals surface area contributed by atoms with Crippen LogP contribution in [-0.4, -0.2) is 43.2 Å². The fraction of sp³-hybridized carbons (Fsp3) is 0.889. The van der Waals surface area contributed by atoms with Crippen molar-refractivity contribution in [2.45, 2.75) is 31.3 Å². The molecule has 0 radical (unpaired) electrons. The van der Waals surface area contributed by atoms with E-state index < -0.39 is 0 Å². The van der Waals surface area contributed by atoms with E-state index in [1.807, 2.05) is 7.05 Å². The molecule has 2 aliphatic rings. The lowest BCUT2D eigenvalue weighted by Gasteiger charge is -2.25. The first kappa shape index (κ1) is 9.73. The molecule has 2 fully saturated rings. The molecular weight excluding hydrogens is 180 g/mol. The van der Waals surface area contributed by atoms with Crippen LogP contribution in [0.1, 0.15) is 19.3 Å². The minimum absolute atomic E-state index is 0.420. The molecular formula is C9H18N4O. The van der Waals surface area contributed by atoms with Crippen LogP contribution in [-0.2, 0) is 4.74 Å². The van der Waals surface area contributed by atoms with E-state index in [0.717, 1.165) is 25.6 Å². The Labute approximate surface area is 84.3 Å². The molecule has 0 aromatic carbocycles. The van der Waals surface area contributed by atoms with E-state index >= 15 is 0 Å². The third-order valence-electron chi connectivity index (χ3n) is 2.77. The first-order valence-corrected chi connectivity index (χ1v) is 5.16. The molecule has 1 unspecified atom stereocenters. The number of nitrogens with zero attached hydrogens (tertiary/aromatic N) is 2. The molecule has 2 rings (SSSR count). The van der Waals surface area contributed by atoms with Gasteiger partial charge in [-0.1, -0.05) is 0 Å². The summed E-state index contributed by atoms with van der Waals surface area (Å²) in [5.41, 5.74) is 2.67. The minimum atomic E-state index is 0.420. The monoisotopic (exact) mass is 198 g/mol. The van der Waals surface area contributed by atoms with E-state index in [1.54, 1.807) is 0 Å². The van der Waals surface area contributed by atoms with Gasteiger partial charge in [-0.15, -0.1) is 0 Å². The number of rotatable bonds is 2. The molecule has 0 amide bonds. The van der Waals surface area contributed by atoms with E-state index in [4.69, 9.17) is 10.6 Å². The zero-order chi connectivity index (χ0) is 9.97. The lowest BCUT2D eigenvalue weighted by molar-refractivity contribution is 0.178. The number of guanidine groups is 1. The summed E-state index contributed by atoms with van der Waals surface area (Å²) in [7, 11) is 2.01. The van der Waals surface area contributed by atoms with E-state index in [2.05, 4.69) is 15.3 Å². The molecule has 1 heterocycles. The molecule has 3 N–H and O–H groups in total. The van der Waals surface area contributed by atoms with Gasteiger partial charge in [-0.3, -0.25) is 5.43 Å². The van der Waals surface area contributed by atoms with E-state index in [1.165, 1.54) is 12.8 Å². The van der Waals surface area contributed by atoms with Gasteiger partial charge in [-0.05, 0) is 19.3 Å². The van der Waals surface area contributed by atoms with Crippen LogP contribution in [0, 0.1) is 0 Å². The third-order valence-corrected chi connectivity index (χ3v) is 2.77. The number of nitrogens with two attached hydrogens (primary N) is 1. The Kier molecular flexibility index (Phi) is 2.88. The fourth-order valence-electron chi connectivity index (χ4n) is 1.61. The molecule has 5 nitrogen and oxygen atoms in total. The normalized spacial score (nSPS) is 27.9. The van der Waals surface area contributed by atoms with Crippen LogP contribution in [0.2, 0.25) is 0 Å². The number of hydrogen-bond donors (Lipinski definition) is 2. The quantitative estimate of drug-likeness (QED) is 0.276. The maximum atomic E-state index is 5.45. The second kappa shape index (κ2) is 4.14. The van der Waals surface area contributed by atoms with Gasteiger partial charge in [0.05, 0.1) is 18.7 Å². The molecule has 14 heavy (non-hydrogen) atoms. The molecule has 1 atom stereocenters. The van der Waals surface area contributed by atoms with Crippen LogP contribution < -0.4 is 11.3 Å². The number of nitrogens with one attached hydrogen (secondary N) is 1. The summed E-state index contributed by atoms with van der Waals surface area (Å²) in [4.78, 5) is 6.59. The molecule has 1 saturated carbocycles. The highest BCUT2D eigenvalue weighted by molar-refractivity contribution is 5.79. The van der Waals surface area contributed by atoms with E-state index in [-0.39, 0.29) is 0 Å². The predicted molar refractivity (Wildman–Crippen MR) is 54.8 cm³/mol. The van der Waals surface area contributed by atoms with Gasteiger partial charge in [-0.25, -0.2) is 10.8 Å². The van der Waals surface area contributed by atoms with Crippen LogP contribution in [0.4, 0.5) is 0 Å². The largest absolute Gasteiger partial charge is 0.379 e. The van der Waals surface area contributed by atoms with Crippen molar-refractivity contribution >= 4 is 5.96 Å². The van der Waals surface area contributed by atoms with Crippen molar-refractivity contribution in [3.63, 3.8) is 0 Å². The molecule has 1 aliphatic heterocycles. The number of hydrogen-bond acceptors (Lipinski definition) is 3. The molecule has 5 heteroatoms. The van der Waals surface area contributed by atoms with Crippen molar-refractivity contribution in [2.75, 3.05) is 20.3 Å². The molecule has 1 aliphatic carbocycles. The molecule has 0 spiro atoms. The summed E-state index contributed by atoms with van der Waals surface area (Å²) in [5, 5.41) is 0. The fourth-order valence-corrected chi connectivity index (χ4v) is 1.61. The first-order chi connectivity index (χ1) is 6.81. The third kappa shape index (κ3) is 2.16. The summed E-state index contributed by atoms with van der Waals surface area (Å²) in [6, 6.07) is 0.911. The SMILES string of the molecule is CN(C(=NC1CC1)NN)C1CCOC1. The Morgan fingerprint density at radius 2 is 2.29 bits per heavy atom. The summed E-state index contributed by atoms with van der Waals surface area (Å²) >= 11 is 0. The van der Waals surface area contributed by atoms with Gasteiger partial charge in [0.2, 0.25) is 5.96 Å². The molecule has 1 saturated heterocycles. The Morgan fingerprint density at radius 3 is 2.79 bits per heavy atom. The van der Waals surface area contributed by atoms with Crippen molar-refractivity contribution in [1.29, 1.82) is 0 Å². The Morgan fingerprint density at radius 1 is 1.50 bits per heavy atom. The van der Waals surface area contributed by atoms with Gasteiger partial charge in [0, 0.05) is 13.7 Å². The molecule has 80 valence electrons. The van der Waals surface area contributed by atoms with Gasteiger partial charge in [0.1, 0.15) is 0 Å². The Bertz CT molecular complexity index is 221. The maximum absolute atomic E-state index is 5.45. The standard InChI is InChI=1S/C9H18N4O/c1-13(8-4-5-14-6-8)9(12-10)11-7-2-3-7/h7-8H,2-6,10H2,1H3,(H,11,12). The summed E-state index contributed by atoms with van der Waals surface area (Å²) in [6.07, 6.45) is 3.45. The smallest absolute Gasteiger partial charge is 0.208 e. The average Bonchev–Trinajstić information content (AvgIpc) is 2.84. The molecule has 0 aromatic rings. The predicted octanol–water partition coefficient (Wildman–Crippen LogP) is -0.311. The van der Waals surface area contributed by atoms with E-state index in [9.17, 15) is 0 Å². The zero-order valence-electron chi connectivity index (χ0n) is 8.57. The van der Waals surface area contributed by atoms with Crippen LogP contribution in [0.5, 0.6) is 0 Å². The minimum Gasteiger partial charge on any atom is -0.379 e. The topological polar surface area (TPSA) is 62.9 Å². The van der Waals surface area contributed by atoms with Crippen molar-refractivity contribution < 1.29 is 4.74 Å². The van der Waals surface area contributed by atoms with Crippen molar-refractivity contribution in [1.82, 2.24) is 10.3 Å². The summed E-state index contributed by atoms with van der Waals surface area (Å²) in [5.74, 6) is 6.25. The highest BCUT2D eigenvalue weighted by atomic mass is 16.5. The van der Waals surface area contributed by atoms with Crippen molar-refractivity contribution in [2.24, 2.45) is 10.8 Å². The van der Waals surface area contributed by atoms with Gasteiger partial charge in [-0.2, -0.15) is 0 Å². The Balaban J connectivity index is 1.95.